The molecule has 3 rings (SSSR count). The van der Waals surface area contributed by atoms with Crippen LogP contribution < -0.4 is 10.8 Å². The highest BCUT2D eigenvalue weighted by Crippen LogP contribution is 2.12. The summed E-state index contributed by atoms with van der Waals surface area (Å²) in [5, 5.41) is 2.64. The van der Waals surface area contributed by atoms with Gasteiger partial charge in [0.15, 0.2) is 0 Å². The molecule has 154 valence electrons. The van der Waals surface area contributed by atoms with Crippen molar-refractivity contribution in [3.8, 4) is 0 Å². The standard InChI is InChI=1S/C22H26N2O5/c25-21(24-29-16-19-11-12-27-14-19)20(13-17-7-3-1-4-8-17)23-22(26)28-15-18-9-5-2-6-10-18/h1-10,19-20H,11-16H2,(H,23,26)(H,24,25)/t19-,20-/m1/s1. The quantitative estimate of drug-likeness (QED) is 0.634. The monoisotopic (exact) mass is 398 g/mol. The summed E-state index contributed by atoms with van der Waals surface area (Å²) in [6.45, 7) is 1.85. The van der Waals surface area contributed by atoms with E-state index in [-0.39, 0.29) is 12.5 Å². The fourth-order valence-electron chi connectivity index (χ4n) is 2.98. The molecule has 0 saturated carbocycles. The Bertz CT molecular complexity index is 763. The number of alkyl carbamates (subject to hydrolysis) is 1. The maximum Gasteiger partial charge on any atom is 0.408 e. The van der Waals surface area contributed by atoms with Crippen LogP contribution in [0.15, 0.2) is 60.7 Å². The predicted octanol–water partition coefficient (Wildman–Crippen LogP) is 2.61. The maximum atomic E-state index is 12.6. The number of rotatable bonds is 9. The molecule has 0 unspecified atom stereocenters. The molecule has 0 radical (unpaired) electrons. The molecule has 1 aliphatic rings. The maximum absolute atomic E-state index is 12.6. The van der Waals surface area contributed by atoms with Gasteiger partial charge in [-0.2, -0.15) is 0 Å². The van der Waals surface area contributed by atoms with Crippen molar-refractivity contribution in [2.45, 2.75) is 25.5 Å². The number of carbonyl (C=O) groups is 2. The normalized spacial score (nSPS) is 16.8. The van der Waals surface area contributed by atoms with E-state index in [1.807, 2.05) is 60.7 Å². The summed E-state index contributed by atoms with van der Waals surface area (Å²) in [6.07, 6.45) is 0.574. The number of hydrogen-bond donors (Lipinski definition) is 2. The number of carbonyl (C=O) groups excluding carboxylic acids is 2. The highest BCUT2D eigenvalue weighted by Gasteiger charge is 2.23. The Kier molecular flexibility index (Phi) is 8.03. The Morgan fingerprint density at radius 3 is 2.38 bits per heavy atom. The molecule has 2 atom stereocenters. The minimum Gasteiger partial charge on any atom is -0.445 e. The summed E-state index contributed by atoms with van der Waals surface area (Å²) in [4.78, 5) is 30.2. The largest absolute Gasteiger partial charge is 0.445 e. The van der Waals surface area contributed by atoms with Crippen LogP contribution in [-0.2, 0) is 32.1 Å². The van der Waals surface area contributed by atoms with Gasteiger partial charge in [0.2, 0.25) is 0 Å². The third-order valence-electron chi connectivity index (χ3n) is 4.62. The average molecular weight is 398 g/mol. The SMILES string of the molecule is O=C(N[C@H](Cc1ccccc1)C(=O)NOC[C@@H]1CCOC1)OCc1ccccc1. The average Bonchev–Trinajstić information content (AvgIpc) is 3.27. The molecular formula is C22H26N2O5. The highest BCUT2D eigenvalue weighted by atomic mass is 16.7. The molecule has 0 bridgehead atoms. The highest BCUT2D eigenvalue weighted by molar-refractivity contribution is 5.85. The first kappa shape index (κ1) is 20.8. The van der Waals surface area contributed by atoms with E-state index in [4.69, 9.17) is 14.3 Å². The Hall–Kier alpha value is -2.90. The molecule has 0 aliphatic carbocycles. The Morgan fingerprint density at radius 2 is 1.72 bits per heavy atom. The van der Waals surface area contributed by atoms with Crippen molar-refractivity contribution < 1.29 is 23.9 Å². The molecule has 1 saturated heterocycles. The molecule has 2 N–H and O–H groups in total. The van der Waals surface area contributed by atoms with Crippen molar-refractivity contribution in [3.05, 3.63) is 71.8 Å². The van der Waals surface area contributed by atoms with Crippen LogP contribution in [0.5, 0.6) is 0 Å². The molecule has 1 aliphatic heterocycles. The lowest BCUT2D eigenvalue weighted by atomic mass is 10.1. The van der Waals surface area contributed by atoms with Gasteiger partial charge in [-0.1, -0.05) is 60.7 Å². The van der Waals surface area contributed by atoms with Gasteiger partial charge in [0.25, 0.3) is 5.91 Å². The van der Waals surface area contributed by atoms with Gasteiger partial charge in [-0.25, -0.2) is 10.3 Å². The van der Waals surface area contributed by atoms with Crippen LogP contribution in [0.4, 0.5) is 4.79 Å². The second kappa shape index (κ2) is 11.2. The number of ether oxygens (including phenoxy) is 2. The van der Waals surface area contributed by atoms with Crippen LogP contribution in [0.2, 0.25) is 0 Å². The lowest BCUT2D eigenvalue weighted by Gasteiger charge is -2.19. The summed E-state index contributed by atoms with van der Waals surface area (Å²) in [5.41, 5.74) is 4.23. The van der Waals surface area contributed by atoms with E-state index in [1.54, 1.807) is 0 Å². The lowest BCUT2D eigenvalue weighted by molar-refractivity contribution is -0.136. The number of benzene rings is 2. The first-order valence-corrected chi connectivity index (χ1v) is 9.71. The summed E-state index contributed by atoms with van der Waals surface area (Å²) in [6, 6.07) is 18.0. The van der Waals surface area contributed by atoms with E-state index in [0.717, 1.165) is 17.5 Å². The molecule has 7 nitrogen and oxygen atoms in total. The summed E-state index contributed by atoms with van der Waals surface area (Å²) >= 11 is 0. The van der Waals surface area contributed by atoms with Gasteiger partial charge < -0.3 is 14.8 Å². The molecule has 1 heterocycles. The van der Waals surface area contributed by atoms with Gasteiger partial charge in [-0.3, -0.25) is 9.63 Å². The van der Waals surface area contributed by atoms with Crippen molar-refractivity contribution in [3.63, 3.8) is 0 Å². The van der Waals surface area contributed by atoms with Crippen molar-refractivity contribution in [1.29, 1.82) is 0 Å². The van der Waals surface area contributed by atoms with Crippen molar-refractivity contribution in [2.24, 2.45) is 5.92 Å². The molecule has 7 heteroatoms. The fraction of sp³-hybridized carbons (Fsp3) is 0.364. The van der Waals surface area contributed by atoms with E-state index < -0.39 is 18.0 Å². The third kappa shape index (κ3) is 7.21. The van der Waals surface area contributed by atoms with Crippen LogP contribution in [0.1, 0.15) is 17.5 Å². The molecule has 0 aromatic heterocycles. The van der Waals surface area contributed by atoms with Gasteiger partial charge in [0.05, 0.1) is 13.2 Å². The molecule has 2 amide bonds. The third-order valence-corrected chi connectivity index (χ3v) is 4.62. The minimum atomic E-state index is -0.819. The lowest BCUT2D eigenvalue weighted by Crippen LogP contribution is -2.48. The van der Waals surface area contributed by atoms with Gasteiger partial charge in [0.1, 0.15) is 12.6 Å². The fourth-order valence-corrected chi connectivity index (χ4v) is 2.98. The predicted molar refractivity (Wildman–Crippen MR) is 107 cm³/mol. The Morgan fingerprint density at radius 1 is 1.03 bits per heavy atom. The second-order valence-electron chi connectivity index (χ2n) is 6.96. The van der Waals surface area contributed by atoms with Crippen LogP contribution in [0.3, 0.4) is 0 Å². The Balaban J connectivity index is 1.52. The van der Waals surface area contributed by atoms with Crippen LogP contribution in [0, 0.1) is 5.92 Å². The number of hydrogen-bond acceptors (Lipinski definition) is 5. The minimum absolute atomic E-state index is 0.129. The van der Waals surface area contributed by atoms with Crippen LogP contribution in [0.25, 0.3) is 0 Å². The van der Waals surface area contributed by atoms with E-state index >= 15 is 0 Å². The zero-order chi connectivity index (χ0) is 20.3. The van der Waals surface area contributed by atoms with E-state index in [1.165, 1.54) is 0 Å². The van der Waals surface area contributed by atoms with Gasteiger partial charge in [-0.05, 0) is 17.5 Å². The molecule has 1 fully saturated rings. The second-order valence-corrected chi connectivity index (χ2v) is 6.96. The summed E-state index contributed by atoms with van der Waals surface area (Å²) < 4.78 is 10.5. The zero-order valence-electron chi connectivity index (χ0n) is 16.2. The summed E-state index contributed by atoms with van der Waals surface area (Å²) in [5.74, 6) is -0.156. The van der Waals surface area contributed by atoms with E-state index in [0.29, 0.717) is 26.2 Å². The Labute approximate surface area is 170 Å². The summed E-state index contributed by atoms with van der Waals surface area (Å²) in [7, 11) is 0. The topological polar surface area (TPSA) is 85.9 Å². The first-order valence-electron chi connectivity index (χ1n) is 9.71. The first-order chi connectivity index (χ1) is 14.2. The molecular weight excluding hydrogens is 372 g/mol. The zero-order valence-corrected chi connectivity index (χ0v) is 16.2. The number of hydroxylamine groups is 1. The van der Waals surface area contributed by atoms with Crippen molar-refractivity contribution in [1.82, 2.24) is 10.8 Å². The van der Waals surface area contributed by atoms with E-state index in [2.05, 4.69) is 10.8 Å². The molecule has 29 heavy (non-hydrogen) atoms. The van der Waals surface area contributed by atoms with Crippen LogP contribution >= 0.6 is 0 Å². The number of nitrogens with one attached hydrogen (secondary N) is 2. The van der Waals surface area contributed by atoms with Gasteiger partial charge in [-0.15, -0.1) is 0 Å². The van der Waals surface area contributed by atoms with Crippen LogP contribution in [-0.4, -0.2) is 37.9 Å². The molecule has 2 aromatic rings. The van der Waals surface area contributed by atoms with Crippen molar-refractivity contribution >= 4 is 12.0 Å². The smallest absolute Gasteiger partial charge is 0.408 e. The van der Waals surface area contributed by atoms with E-state index in [9.17, 15) is 9.59 Å². The molecule has 2 aromatic carbocycles. The molecule has 0 spiro atoms. The van der Waals surface area contributed by atoms with Gasteiger partial charge >= 0.3 is 6.09 Å². The van der Waals surface area contributed by atoms with Crippen molar-refractivity contribution in [2.75, 3.05) is 19.8 Å². The number of amides is 2. The van der Waals surface area contributed by atoms with Gasteiger partial charge in [0, 0.05) is 18.9 Å².